The van der Waals surface area contributed by atoms with Gasteiger partial charge in [-0.05, 0) is 48.9 Å². The summed E-state index contributed by atoms with van der Waals surface area (Å²) in [5.74, 6) is -0.333. The summed E-state index contributed by atoms with van der Waals surface area (Å²) in [7, 11) is 1.55. The molecule has 8 heteroatoms. The first-order valence-electron chi connectivity index (χ1n) is 10.6. The molecule has 0 unspecified atom stereocenters. The first kappa shape index (κ1) is 24.3. The quantitative estimate of drug-likeness (QED) is 0.445. The van der Waals surface area contributed by atoms with Crippen LogP contribution in [0.25, 0.3) is 0 Å². The Bertz CT molecular complexity index is 1120. The summed E-state index contributed by atoms with van der Waals surface area (Å²) < 4.78 is 15.7. The average molecular weight is 463 g/mol. The third kappa shape index (κ3) is 7.37. The van der Waals surface area contributed by atoms with Gasteiger partial charge in [-0.15, -0.1) is 0 Å². The molecule has 1 atom stereocenters. The van der Waals surface area contributed by atoms with Crippen LogP contribution >= 0.6 is 0 Å². The Labute approximate surface area is 197 Å². The molecular formula is C26H26N2O6. The number of rotatable bonds is 10. The Morgan fingerprint density at radius 2 is 1.56 bits per heavy atom. The second-order valence-corrected chi connectivity index (χ2v) is 7.37. The number of amides is 2. The fourth-order valence-electron chi connectivity index (χ4n) is 3.06. The number of carbonyl (C=O) groups excluding carboxylic acids is 3. The first-order chi connectivity index (χ1) is 16.4. The summed E-state index contributed by atoms with van der Waals surface area (Å²) in [5, 5.41) is 5.49. The number of methoxy groups -OCH3 is 1. The molecule has 2 N–H and O–H groups in total. The van der Waals surface area contributed by atoms with E-state index in [1.807, 2.05) is 37.3 Å². The van der Waals surface area contributed by atoms with Crippen LogP contribution in [0.15, 0.2) is 78.9 Å². The number of hydrogen-bond donors (Lipinski definition) is 2. The topological polar surface area (TPSA) is 103 Å². The van der Waals surface area contributed by atoms with E-state index in [9.17, 15) is 14.4 Å². The highest BCUT2D eigenvalue weighted by atomic mass is 16.5. The van der Waals surface area contributed by atoms with Crippen LogP contribution in [-0.2, 0) is 14.3 Å². The van der Waals surface area contributed by atoms with Crippen LogP contribution in [0.4, 0.5) is 5.69 Å². The standard InChI is InChI=1S/C26H26N2O6/c1-18(19-7-4-3-5-8-19)27-24(29)17-34-26(31)20-11-13-22(14-12-20)33-16-25(30)28-21-9-6-10-23(15-21)32-2/h3-15,18H,16-17H2,1-2H3,(H,27,29)(H,28,30)/t18-/m1/s1. The van der Waals surface area contributed by atoms with Gasteiger partial charge in [0.2, 0.25) is 0 Å². The average Bonchev–Trinajstić information content (AvgIpc) is 2.87. The smallest absolute Gasteiger partial charge is 0.338 e. The van der Waals surface area contributed by atoms with Gasteiger partial charge in [0.25, 0.3) is 11.8 Å². The van der Waals surface area contributed by atoms with E-state index in [0.29, 0.717) is 17.2 Å². The molecule has 3 aromatic carbocycles. The molecule has 3 rings (SSSR count). The maximum Gasteiger partial charge on any atom is 0.338 e. The zero-order valence-corrected chi connectivity index (χ0v) is 18.9. The van der Waals surface area contributed by atoms with E-state index in [4.69, 9.17) is 14.2 Å². The van der Waals surface area contributed by atoms with Crippen molar-refractivity contribution in [2.24, 2.45) is 0 Å². The second kappa shape index (κ2) is 12.1. The van der Waals surface area contributed by atoms with Crippen molar-refractivity contribution < 1.29 is 28.6 Å². The van der Waals surface area contributed by atoms with E-state index >= 15 is 0 Å². The zero-order chi connectivity index (χ0) is 24.3. The van der Waals surface area contributed by atoms with E-state index < -0.39 is 18.5 Å². The van der Waals surface area contributed by atoms with Crippen molar-refractivity contribution in [1.82, 2.24) is 5.32 Å². The molecule has 0 saturated carbocycles. The van der Waals surface area contributed by atoms with Crippen molar-refractivity contribution in [3.05, 3.63) is 90.0 Å². The van der Waals surface area contributed by atoms with Crippen molar-refractivity contribution >= 4 is 23.5 Å². The third-order valence-electron chi connectivity index (χ3n) is 4.82. The van der Waals surface area contributed by atoms with Crippen LogP contribution in [0.3, 0.4) is 0 Å². The number of nitrogens with one attached hydrogen (secondary N) is 2. The molecule has 0 aliphatic rings. The molecule has 0 aliphatic heterocycles. The molecule has 3 aromatic rings. The highest BCUT2D eigenvalue weighted by Gasteiger charge is 2.13. The molecule has 0 heterocycles. The molecule has 0 spiro atoms. The maximum absolute atomic E-state index is 12.2. The van der Waals surface area contributed by atoms with Crippen molar-refractivity contribution in [2.75, 3.05) is 25.6 Å². The summed E-state index contributed by atoms with van der Waals surface area (Å²) >= 11 is 0. The van der Waals surface area contributed by atoms with Crippen molar-refractivity contribution in [2.45, 2.75) is 13.0 Å². The fourth-order valence-corrected chi connectivity index (χ4v) is 3.06. The molecule has 0 aliphatic carbocycles. The van der Waals surface area contributed by atoms with Crippen molar-refractivity contribution in [1.29, 1.82) is 0 Å². The lowest BCUT2D eigenvalue weighted by Gasteiger charge is -2.14. The van der Waals surface area contributed by atoms with E-state index in [1.165, 1.54) is 12.1 Å². The Hall–Kier alpha value is -4.33. The third-order valence-corrected chi connectivity index (χ3v) is 4.82. The van der Waals surface area contributed by atoms with Crippen LogP contribution in [0.5, 0.6) is 11.5 Å². The SMILES string of the molecule is COc1cccc(NC(=O)COc2ccc(C(=O)OCC(=O)N[C@H](C)c3ccccc3)cc2)c1. The van der Waals surface area contributed by atoms with Crippen LogP contribution in [0.2, 0.25) is 0 Å². The van der Waals surface area contributed by atoms with E-state index in [1.54, 1.807) is 43.5 Å². The number of benzene rings is 3. The molecule has 0 fully saturated rings. The maximum atomic E-state index is 12.2. The number of carbonyl (C=O) groups is 3. The first-order valence-corrected chi connectivity index (χ1v) is 10.6. The van der Waals surface area contributed by atoms with Gasteiger partial charge in [-0.2, -0.15) is 0 Å². The Morgan fingerprint density at radius 1 is 0.824 bits per heavy atom. The lowest BCUT2D eigenvalue weighted by molar-refractivity contribution is -0.124. The lowest BCUT2D eigenvalue weighted by Crippen LogP contribution is -2.31. The minimum Gasteiger partial charge on any atom is -0.497 e. The van der Waals surface area contributed by atoms with Crippen LogP contribution in [0, 0.1) is 0 Å². The van der Waals surface area contributed by atoms with Gasteiger partial charge < -0.3 is 24.8 Å². The zero-order valence-electron chi connectivity index (χ0n) is 18.9. The van der Waals surface area contributed by atoms with Gasteiger partial charge >= 0.3 is 5.97 Å². The monoisotopic (exact) mass is 462 g/mol. The summed E-state index contributed by atoms with van der Waals surface area (Å²) in [6, 6.07) is 22.4. The largest absolute Gasteiger partial charge is 0.497 e. The van der Waals surface area contributed by atoms with Crippen LogP contribution in [0.1, 0.15) is 28.9 Å². The molecule has 0 aromatic heterocycles. The lowest BCUT2D eigenvalue weighted by atomic mass is 10.1. The normalized spacial score (nSPS) is 11.1. The predicted octanol–water partition coefficient (Wildman–Crippen LogP) is 3.75. The molecule has 176 valence electrons. The highest BCUT2D eigenvalue weighted by Crippen LogP contribution is 2.17. The molecule has 34 heavy (non-hydrogen) atoms. The van der Waals surface area contributed by atoms with Gasteiger partial charge in [-0.3, -0.25) is 9.59 Å². The molecule has 8 nitrogen and oxygen atoms in total. The Kier molecular flexibility index (Phi) is 8.62. The van der Waals surface area contributed by atoms with Gasteiger partial charge in [0.15, 0.2) is 13.2 Å². The minimum absolute atomic E-state index is 0.204. The van der Waals surface area contributed by atoms with Crippen molar-refractivity contribution in [3.63, 3.8) is 0 Å². The Balaban J connectivity index is 1.42. The summed E-state index contributed by atoms with van der Waals surface area (Å²) in [4.78, 5) is 36.4. The highest BCUT2D eigenvalue weighted by molar-refractivity contribution is 5.92. The fraction of sp³-hybridized carbons (Fsp3) is 0.192. The van der Waals surface area contributed by atoms with E-state index in [2.05, 4.69) is 10.6 Å². The Morgan fingerprint density at radius 3 is 2.26 bits per heavy atom. The molecule has 2 amide bonds. The second-order valence-electron chi connectivity index (χ2n) is 7.37. The van der Waals surface area contributed by atoms with Gasteiger partial charge in [0.1, 0.15) is 11.5 Å². The van der Waals surface area contributed by atoms with Gasteiger partial charge in [-0.25, -0.2) is 4.79 Å². The molecular weight excluding hydrogens is 436 g/mol. The summed E-state index contributed by atoms with van der Waals surface area (Å²) in [5.41, 5.74) is 1.81. The number of ether oxygens (including phenoxy) is 3. The molecule has 0 radical (unpaired) electrons. The number of esters is 1. The molecule has 0 bridgehead atoms. The summed E-state index contributed by atoms with van der Waals surface area (Å²) in [6.07, 6.45) is 0. The number of anilines is 1. The van der Waals surface area contributed by atoms with Gasteiger partial charge in [0.05, 0.1) is 18.7 Å². The van der Waals surface area contributed by atoms with Gasteiger partial charge in [-0.1, -0.05) is 36.4 Å². The van der Waals surface area contributed by atoms with E-state index in [-0.39, 0.29) is 24.1 Å². The number of hydrogen-bond acceptors (Lipinski definition) is 6. The van der Waals surface area contributed by atoms with Crippen LogP contribution in [-0.4, -0.2) is 38.1 Å². The van der Waals surface area contributed by atoms with E-state index in [0.717, 1.165) is 5.56 Å². The van der Waals surface area contributed by atoms with Crippen LogP contribution < -0.4 is 20.1 Å². The minimum atomic E-state index is -0.634. The van der Waals surface area contributed by atoms with Gasteiger partial charge in [0, 0.05) is 11.8 Å². The van der Waals surface area contributed by atoms with Crippen molar-refractivity contribution in [3.8, 4) is 11.5 Å². The predicted molar refractivity (Wildman–Crippen MR) is 127 cm³/mol. The summed E-state index contributed by atoms with van der Waals surface area (Å²) in [6.45, 7) is 1.25. The molecule has 0 saturated heterocycles.